The van der Waals surface area contributed by atoms with E-state index in [0.717, 1.165) is 11.9 Å². The quantitative estimate of drug-likeness (QED) is 0.805. The molecule has 106 valence electrons. The van der Waals surface area contributed by atoms with Gasteiger partial charge < -0.3 is 5.32 Å². The molecule has 0 spiro atoms. The van der Waals surface area contributed by atoms with Crippen molar-refractivity contribution in [2.24, 2.45) is 0 Å². The number of rotatable bonds is 4. The van der Waals surface area contributed by atoms with E-state index in [2.05, 4.69) is 10.4 Å². The van der Waals surface area contributed by atoms with Gasteiger partial charge in [0.2, 0.25) is 0 Å². The van der Waals surface area contributed by atoms with Crippen LogP contribution in [0.15, 0.2) is 54.7 Å². The number of aromatic nitrogens is 2. The molecule has 2 heterocycles. The lowest BCUT2D eigenvalue weighted by atomic mass is 10.1. The monoisotopic (exact) mass is 299 g/mol. The van der Waals surface area contributed by atoms with Crippen LogP contribution in [0.25, 0.3) is 5.52 Å². The molecule has 0 saturated heterocycles. The van der Waals surface area contributed by atoms with Crippen LogP contribution < -0.4 is 5.32 Å². The van der Waals surface area contributed by atoms with E-state index in [1.165, 1.54) is 5.56 Å². The number of amides is 1. The third-order valence-electron chi connectivity index (χ3n) is 3.24. The lowest BCUT2D eigenvalue weighted by Gasteiger charge is -2.03. The molecular weight excluding hydrogens is 286 g/mol. The molecule has 3 aromatic rings. The van der Waals surface area contributed by atoms with Crippen molar-refractivity contribution in [1.29, 1.82) is 0 Å². The molecule has 0 aliphatic rings. The van der Waals surface area contributed by atoms with E-state index in [4.69, 9.17) is 11.6 Å². The average molecular weight is 300 g/mol. The summed E-state index contributed by atoms with van der Waals surface area (Å²) < 4.78 is 1.61. The van der Waals surface area contributed by atoms with Gasteiger partial charge in [-0.15, -0.1) is 0 Å². The highest BCUT2D eigenvalue weighted by atomic mass is 35.5. The van der Waals surface area contributed by atoms with Gasteiger partial charge in [0.1, 0.15) is 0 Å². The highest BCUT2D eigenvalue weighted by Crippen LogP contribution is 2.21. The molecule has 0 atom stereocenters. The Bertz CT molecular complexity index is 768. The number of hydrogen-bond acceptors (Lipinski definition) is 2. The van der Waals surface area contributed by atoms with Gasteiger partial charge in [0, 0.05) is 12.7 Å². The predicted octanol–water partition coefficient (Wildman–Crippen LogP) is 2.96. The van der Waals surface area contributed by atoms with Gasteiger partial charge in [-0.05, 0) is 24.1 Å². The van der Waals surface area contributed by atoms with Crippen LogP contribution >= 0.6 is 11.6 Å². The summed E-state index contributed by atoms with van der Waals surface area (Å²) in [4.78, 5) is 12.2. The SMILES string of the molecule is O=C(NCCc1ccccc1)c1nn2ccccc2c1Cl. The Morgan fingerprint density at radius 3 is 2.67 bits per heavy atom. The van der Waals surface area contributed by atoms with Crippen LogP contribution in [0.4, 0.5) is 0 Å². The van der Waals surface area contributed by atoms with Gasteiger partial charge in [0.25, 0.3) is 5.91 Å². The third kappa shape index (κ3) is 2.90. The average Bonchev–Trinajstić information content (AvgIpc) is 2.86. The minimum absolute atomic E-state index is 0.250. The third-order valence-corrected chi connectivity index (χ3v) is 3.61. The van der Waals surface area contributed by atoms with Gasteiger partial charge in [-0.25, -0.2) is 4.52 Å². The summed E-state index contributed by atoms with van der Waals surface area (Å²) in [6.45, 7) is 0.549. The maximum absolute atomic E-state index is 12.2. The van der Waals surface area contributed by atoms with Crippen molar-refractivity contribution in [3.05, 3.63) is 71.0 Å². The molecule has 2 aromatic heterocycles. The summed E-state index contributed by atoms with van der Waals surface area (Å²) in [6, 6.07) is 15.5. The number of fused-ring (bicyclic) bond motifs is 1. The standard InChI is InChI=1S/C16H14ClN3O/c17-14-13-8-4-5-11-20(13)19-15(14)16(21)18-10-9-12-6-2-1-3-7-12/h1-8,11H,9-10H2,(H,18,21). The molecule has 1 aromatic carbocycles. The molecule has 0 unspecified atom stereocenters. The van der Waals surface area contributed by atoms with Gasteiger partial charge in [0.15, 0.2) is 5.69 Å². The first-order valence-electron chi connectivity index (χ1n) is 6.70. The topological polar surface area (TPSA) is 46.4 Å². The van der Waals surface area contributed by atoms with Crippen molar-refractivity contribution >= 4 is 23.0 Å². The van der Waals surface area contributed by atoms with Crippen molar-refractivity contribution in [2.75, 3.05) is 6.54 Å². The van der Waals surface area contributed by atoms with Crippen LogP contribution in [-0.2, 0) is 6.42 Å². The van der Waals surface area contributed by atoms with Crippen molar-refractivity contribution in [2.45, 2.75) is 6.42 Å². The fourth-order valence-corrected chi connectivity index (χ4v) is 2.44. The lowest BCUT2D eigenvalue weighted by molar-refractivity contribution is 0.0949. The molecule has 0 radical (unpaired) electrons. The zero-order valence-corrected chi connectivity index (χ0v) is 12.0. The number of benzene rings is 1. The molecule has 0 aliphatic heterocycles. The van der Waals surface area contributed by atoms with E-state index in [9.17, 15) is 4.79 Å². The smallest absolute Gasteiger partial charge is 0.273 e. The summed E-state index contributed by atoms with van der Waals surface area (Å²) in [6.07, 6.45) is 2.54. The number of carbonyl (C=O) groups excluding carboxylic acids is 1. The van der Waals surface area contributed by atoms with E-state index in [1.807, 2.05) is 48.5 Å². The van der Waals surface area contributed by atoms with Crippen molar-refractivity contribution in [3.63, 3.8) is 0 Å². The molecule has 4 nitrogen and oxygen atoms in total. The van der Waals surface area contributed by atoms with Crippen LogP contribution in [0.1, 0.15) is 16.1 Å². The van der Waals surface area contributed by atoms with E-state index in [0.29, 0.717) is 11.6 Å². The highest BCUT2D eigenvalue weighted by molar-refractivity contribution is 6.36. The van der Waals surface area contributed by atoms with Gasteiger partial charge in [-0.2, -0.15) is 5.10 Å². The van der Waals surface area contributed by atoms with Crippen molar-refractivity contribution in [3.8, 4) is 0 Å². The van der Waals surface area contributed by atoms with E-state index in [-0.39, 0.29) is 11.6 Å². The first-order chi connectivity index (χ1) is 10.3. The molecule has 1 amide bonds. The molecular formula is C16H14ClN3O. The summed E-state index contributed by atoms with van der Waals surface area (Å²) in [5, 5.41) is 7.44. The number of nitrogens with zero attached hydrogens (tertiary/aromatic N) is 2. The zero-order valence-electron chi connectivity index (χ0n) is 11.3. The summed E-state index contributed by atoms with van der Waals surface area (Å²) in [5.74, 6) is -0.250. The maximum Gasteiger partial charge on any atom is 0.273 e. The van der Waals surface area contributed by atoms with E-state index < -0.39 is 0 Å². The lowest BCUT2D eigenvalue weighted by Crippen LogP contribution is -2.26. The molecule has 5 heteroatoms. The summed E-state index contributed by atoms with van der Waals surface area (Å²) >= 11 is 6.20. The number of nitrogens with one attached hydrogen (secondary N) is 1. The van der Waals surface area contributed by atoms with Gasteiger partial charge in [-0.1, -0.05) is 48.0 Å². The highest BCUT2D eigenvalue weighted by Gasteiger charge is 2.17. The molecule has 0 bridgehead atoms. The molecule has 3 rings (SSSR count). The second-order valence-corrected chi connectivity index (χ2v) is 5.06. The van der Waals surface area contributed by atoms with Crippen LogP contribution in [-0.4, -0.2) is 22.1 Å². The van der Waals surface area contributed by atoms with Gasteiger partial charge in [0.05, 0.1) is 10.5 Å². The second-order valence-electron chi connectivity index (χ2n) is 4.68. The van der Waals surface area contributed by atoms with Crippen molar-refractivity contribution in [1.82, 2.24) is 14.9 Å². The Labute approximate surface area is 127 Å². The Morgan fingerprint density at radius 2 is 1.90 bits per heavy atom. The second kappa shape index (κ2) is 5.97. The Hall–Kier alpha value is -2.33. The zero-order chi connectivity index (χ0) is 14.7. The molecule has 0 fully saturated rings. The fraction of sp³-hybridized carbons (Fsp3) is 0.125. The number of hydrogen-bond donors (Lipinski definition) is 1. The Morgan fingerprint density at radius 1 is 1.14 bits per heavy atom. The number of halogens is 1. The van der Waals surface area contributed by atoms with Crippen LogP contribution in [0, 0.1) is 0 Å². The van der Waals surface area contributed by atoms with Crippen LogP contribution in [0.2, 0.25) is 5.02 Å². The molecule has 1 N–H and O–H groups in total. The fourth-order valence-electron chi connectivity index (χ4n) is 2.16. The number of pyridine rings is 1. The van der Waals surface area contributed by atoms with Gasteiger partial charge >= 0.3 is 0 Å². The normalized spacial score (nSPS) is 10.7. The first kappa shape index (κ1) is 13.6. The number of carbonyl (C=O) groups is 1. The minimum Gasteiger partial charge on any atom is -0.350 e. The molecule has 0 aliphatic carbocycles. The summed E-state index contributed by atoms with van der Waals surface area (Å²) in [7, 11) is 0. The summed E-state index contributed by atoms with van der Waals surface area (Å²) in [5.41, 5.74) is 2.17. The van der Waals surface area contributed by atoms with Crippen LogP contribution in [0.5, 0.6) is 0 Å². The largest absolute Gasteiger partial charge is 0.350 e. The van der Waals surface area contributed by atoms with E-state index in [1.54, 1.807) is 10.7 Å². The van der Waals surface area contributed by atoms with Gasteiger partial charge in [-0.3, -0.25) is 4.79 Å². The predicted molar refractivity (Wildman–Crippen MR) is 82.7 cm³/mol. The Kier molecular flexibility index (Phi) is 3.88. The van der Waals surface area contributed by atoms with Crippen molar-refractivity contribution < 1.29 is 4.79 Å². The molecule has 0 saturated carbocycles. The first-order valence-corrected chi connectivity index (χ1v) is 7.08. The molecule has 21 heavy (non-hydrogen) atoms. The Balaban J connectivity index is 1.68. The van der Waals surface area contributed by atoms with Crippen LogP contribution in [0.3, 0.4) is 0 Å². The maximum atomic E-state index is 12.2. The minimum atomic E-state index is -0.250. The van der Waals surface area contributed by atoms with E-state index >= 15 is 0 Å².